The Labute approximate surface area is 113 Å². The summed E-state index contributed by atoms with van der Waals surface area (Å²) >= 11 is 0. The highest BCUT2D eigenvalue weighted by Crippen LogP contribution is 2.20. The molecule has 124 valence electrons. The molecule has 0 bridgehead atoms. The molecule has 1 N–H and O–H groups in total. The third kappa shape index (κ3) is 17.9. The first kappa shape index (κ1) is 27.3. The second kappa shape index (κ2) is 30.7. The predicted octanol–water partition coefficient (Wildman–Crippen LogP) is 5.78. The minimum atomic E-state index is -0.254. The van der Waals surface area contributed by atoms with Crippen molar-refractivity contribution in [3.8, 4) is 0 Å². The average Bonchev–Trinajstić information content (AvgIpc) is 2.62. The van der Waals surface area contributed by atoms with Gasteiger partial charge in [0.1, 0.15) is 0 Å². The zero-order valence-electron chi connectivity index (χ0n) is 10.2. The minimum absolute atomic E-state index is 0.0264. The smallest absolute Gasteiger partial charge is 0.0647 e. The van der Waals surface area contributed by atoms with E-state index in [0.29, 0.717) is 6.42 Å². The maximum Gasteiger partial charge on any atom is 0.0647 e. The van der Waals surface area contributed by atoms with E-state index < -0.39 is 0 Å². The van der Waals surface area contributed by atoms with Crippen molar-refractivity contribution >= 4 is 0 Å². The van der Waals surface area contributed by atoms with Crippen LogP contribution in [-0.4, -0.2) is 11.7 Å². The first-order valence-corrected chi connectivity index (χ1v) is 4.65. The summed E-state index contributed by atoms with van der Waals surface area (Å²) in [5.41, 5.74) is 9.24. The fourth-order valence-corrected chi connectivity index (χ4v) is 1.15. The van der Waals surface area contributed by atoms with Crippen molar-refractivity contribution in [3.63, 3.8) is 0 Å². The van der Waals surface area contributed by atoms with Gasteiger partial charge in [0.2, 0.25) is 0 Å². The van der Waals surface area contributed by atoms with Gasteiger partial charge in [-0.15, -0.1) is 0 Å². The van der Waals surface area contributed by atoms with Crippen LogP contribution in [-0.2, 0) is 0 Å². The molecule has 4 nitrogen and oxygen atoms in total. The third-order valence-corrected chi connectivity index (χ3v) is 1.78. The Morgan fingerprint density at radius 3 is 1.71 bits per heavy atom. The summed E-state index contributed by atoms with van der Waals surface area (Å²) in [7, 11) is 0. The summed E-state index contributed by atoms with van der Waals surface area (Å²) in [4.78, 5) is 2.74. The van der Waals surface area contributed by atoms with Gasteiger partial charge in [0.05, 0.1) is 6.04 Å². The molecule has 0 unspecified atom stereocenters. The standard InChI is InChI=1S/C9H11N3O.4F2/c10-12-11-9(6-7-13)8-4-2-1-3-5-8;4*1-2/h1-5,9,13H,6-7H2;;;;/t9-;;;;/m1..../s1. The molecule has 0 amide bonds. The maximum absolute atomic E-state index is 8.74. The van der Waals surface area contributed by atoms with Crippen molar-refractivity contribution in [2.45, 2.75) is 12.5 Å². The lowest BCUT2D eigenvalue weighted by Crippen LogP contribution is -1.97. The summed E-state index contributed by atoms with van der Waals surface area (Å²) in [6.45, 7) is 0.0264. The van der Waals surface area contributed by atoms with Crippen molar-refractivity contribution in [2.75, 3.05) is 6.61 Å². The van der Waals surface area contributed by atoms with Gasteiger partial charge in [-0.3, -0.25) is 0 Å². The quantitative estimate of drug-likeness (QED) is 0.323. The number of rotatable bonds is 4. The first-order valence-electron chi connectivity index (χ1n) is 4.65. The molecule has 1 aromatic rings. The van der Waals surface area contributed by atoms with E-state index in [2.05, 4.69) is 10.0 Å². The summed E-state index contributed by atoms with van der Waals surface area (Å²) in [5, 5.41) is 12.3. The molecule has 0 aromatic heterocycles. The number of azide groups is 1. The van der Waals surface area contributed by atoms with Gasteiger partial charge in [-0.25, -0.2) is 0 Å². The van der Waals surface area contributed by atoms with Gasteiger partial charge in [0.25, 0.3) is 0 Å². The van der Waals surface area contributed by atoms with Crippen LogP contribution >= 0.6 is 0 Å². The second-order valence-electron chi connectivity index (χ2n) is 2.64. The van der Waals surface area contributed by atoms with Gasteiger partial charge >= 0.3 is 0 Å². The zero-order valence-corrected chi connectivity index (χ0v) is 10.2. The third-order valence-electron chi connectivity index (χ3n) is 1.78. The number of aliphatic hydroxyl groups is 1. The average molecular weight is 329 g/mol. The predicted molar refractivity (Wildman–Crippen MR) is 58.9 cm³/mol. The van der Waals surface area contributed by atoms with Crippen molar-refractivity contribution < 1.29 is 41.7 Å². The van der Waals surface area contributed by atoms with Crippen LogP contribution in [0.3, 0.4) is 0 Å². The molecule has 1 rings (SSSR count). The van der Waals surface area contributed by atoms with Gasteiger partial charge in [0.15, 0.2) is 0 Å². The summed E-state index contributed by atoms with van der Waals surface area (Å²) < 4.78 is 64.0. The number of aliphatic hydroxyl groups excluding tert-OH is 1. The van der Waals surface area contributed by atoms with E-state index in [-0.39, 0.29) is 12.6 Å². The molecule has 21 heavy (non-hydrogen) atoms. The van der Waals surface area contributed by atoms with Crippen molar-refractivity contribution in [1.29, 1.82) is 0 Å². The molecule has 0 aliphatic rings. The van der Waals surface area contributed by atoms with Crippen LogP contribution in [0.25, 0.3) is 10.4 Å². The van der Waals surface area contributed by atoms with E-state index in [9.17, 15) is 0 Å². The number of halogens is 8. The lowest BCUT2D eigenvalue weighted by Gasteiger charge is -2.08. The highest BCUT2D eigenvalue weighted by Gasteiger charge is 2.06. The molecule has 0 spiro atoms. The maximum atomic E-state index is 8.74. The number of nitrogens with zero attached hydrogens (tertiary/aromatic N) is 3. The summed E-state index contributed by atoms with van der Waals surface area (Å²) in [6.07, 6.45) is 0.466. The molecule has 12 heteroatoms. The van der Waals surface area contributed by atoms with Gasteiger partial charge < -0.3 is 5.11 Å². The van der Waals surface area contributed by atoms with Crippen LogP contribution in [0.2, 0.25) is 0 Å². The molecule has 0 aliphatic carbocycles. The molecular formula is C9H11F8N3O. The van der Waals surface area contributed by atoms with Crippen molar-refractivity contribution in [2.24, 2.45) is 5.11 Å². The fourth-order valence-electron chi connectivity index (χ4n) is 1.15. The normalized spacial score (nSPS) is 8.43. The monoisotopic (exact) mass is 329 g/mol. The Morgan fingerprint density at radius 1 is 0.952 bits per heavy atom. The van der Waals surface area contributed by atoms with E-state index in [0.717, 1.165) is 5.56 Å². The Morgan fingerprint density at radius 2 is 1.38 bits per heavy atom. The molecule has 1 aromatic carbocycles. The fraction of sp³-hybridized carbons (Fsp3) is 0.333. The van der Waals surface area contributed by atoms with Crippen molar-refractivity contribution in [3.05, 3.63) is 46.3 Å². The number of hydrogen-bond acceptors (Lipinski definition) is 2. The van der Waals surface area contributed by atoms with E-state index in [1.807, 2.05) is 30.3 Å². The molecule has 0 aliphatic heterocycles. The molecular weight excluding hydrogens is 318 g/mol. The summed E-state index contributed by atoms with van der Waals surface area (Å²) in [5.74, 6) is 0. The molecule has 1 atom stereocenters. The van der Waals surface area contributed by atoms with Crippen LogP contribution < -0.4 is 0 Å². The van der Waals surface area contributed by atoms with Crippen molar-refractivity contribution in [1.82, 2.24) is 0 Å². The van der Waals surface area contributed by atoms with Gasteiger partial charge in [0, 0.05) is 48.1 Å². The number of hydrogen-bond donors (Lipinski definition) is 1. The zero-order chi connectivity index (χ0) is 17.5. The lowest BCUT2D eigenvalue weighted by atomic mass is 10.1. The van der Waals surface area contributed by atoms with Gasteiger partial charge in [-0.1, -0.05) is 35.4 Å². The van der Waals surface area contributed by atoms with Crippen LogP contribution in [0, 0.1) is 0 Å². The van der Waals surface area contributed by atoms with E-state index >= 15 is 0 Å². The highest BCUT2D eigenvalue weighted by molar-refractivity contribution is 5.18. The van der Waals surface area contributed by atoms with Crippen LogP contribution in [0.1, 0.15) is 18.0 Å². The minimum Gasteiger partial charge on any atom is -0.396 e. The molecule has 0 saturated heterocycles. The Bertz CT molecular complexity index is 313. The molecule has 0 saturated carbocycles. The van der Waals surface area contributed by atoms with Crippen LogP contribution in [0.4, 0.5) is 36.6 Å². The molecule has 0 fully saturated rings. The van der Waals surface area contributed by atoms with Crippen LogP contribution in [0.15, 0.2) is 35.4 Å². The Kier molecular flexibility index (Phi) is 40.0. The summed E-state index contributed by atoms with van der Waals surface area (Å²) in [6, 6.07) is 9.18. The van der Waals surface area contributed by atoms with Crippen LogP contribution in [0.5, 0.6) is 0 Å². The number of benzene rings is 1. The molecule has 0 heterocycles. The topological polar surface area (TPSA) is 69.0 Å². The second-order valence-corrected chi connectivity index (χ2v) is 2.64. The van der Waals surface area contributed by atoms with Gasteiger partial charge in [-0.2, -0.15) is 0 Å². The highest BCUT2D eigenvalue weighted by atomic mass is 20.0. The largest absolute Gasteiger partial charge is 0.396 e. The molecule has 0 radical (unpaired) electrons. The Hall–Kier alpha value is -2.07. The SMILES string of the molecule is FF.FF.FF.FF.[N-]=[N+]=N[C@H](CCO)c1ccccc1. The van der Waals surface area contributed by atoms with E-state index in [1.54, 1.807) is 0 Å². The Balaban J connectivity index is -0.000000156. The van der Waals surface area contributed by atoms with Gasteiger partial charge in [-0.05, 0) is 17.5 Å². The lowest BCUT2D eigenvalue weighted by molar-refractivity contribution is 0.108. The van der Waals surface area contributed by atoms with E-state index in [1.165, 1.54) is 0 Å². The van der Waals surface area contributed by atoms with E-state index in [4.69, 9.17) is 47.2 Å². The first-order chi connectivity index (χ1) is 10.4.